The summed E-state index contributed by atoms with van der Waals surface area (Å²) in [6.07, 6.45) is 2.70. The van der Waals surface area contributed by atoms with Gasteiger partial charge in [-0.3, -0.25) is 14.6 Å². The summed E-state index contributed by atoms with van der Waals surface area (Å²) >= 11 is 0. The fourth-order valence-electron chi connectivity index (χ4n) is 3.45. The molecule has 2 heterocycles. The first kappa shape index (κ1) is 19.0. The van der Waals surface area contributed by atoms with Crippen molar-refractivity contribution in [2.45, 2.75) is 19.8 Å². The number of halogens is 1. The molecule has 1 atom stereocenters. The molecule has 142 valence electrons. The van der Waals surface area contributed by atoms with Gasteiger partial charge in [0.15, 0.2) is 0 Å². The van der Waals surface area contributed by atoms with Crippen molar-refractivity contribution in [2.75, 3.05) is 26.2 Å². The number of nitrogens with zero attached hydrogens (tertiary/aromatic N) is 3. The summed E-state index contributed by atoms with van der Waals surface area (Å²) in [5.74, 6) is -0.163. The summed E-state index contributed by atoms with van der Waals surface area (Å²) in [6.45, 7) is 3.81. The van der Waals surface area contributed by atoms with E-state index in [1.54, 1.807) is 30.2 Å². The van der Waals surface area contributed by atoms with Crippen molar-refractivity contribution >= 4 is 11.8 Å². The van der Waals surface area contributed by atoms with Crippen molar-refractivity contribution in [2.24, 2.45) is 5.92 Å². The van der Waals surface area contributed by atoms with Gasteiger partial charge < -0.3 is 9.80 Å². The monoisotopic (exact) mass is 369 g/mol. The average Bonchev–Trinajstić information content (AvgIpc) is 2.87. The van der Waals surface area contributed by atoms with E-state index in [1.165, 1.54) is 12.1 Å². The zero-order valence-electron chi connectivity index (χ0n) is 15.5. The minimum atomic E-state index is -0.312. The highest BCUT2D eigenvalue weighted by molar-refractivity contribution is 5.79. The van der Waals surface area contributed by atoms with E-state index in [4.69, 9.17) is 0 Å². The first-order valence-corrected chi connectivity index (χ1v) is 9.19. The molecule has 1 aromatic carbocycles. The SMILES string of the molecule is CC(=O)N1CCN(C(=O)Cc2ccc(F)cc2)CC(Cc2ccccn2)C1. The minimum Gasteiger partial charge on any atom is -0.341 e. The largest absolute Gasteiger partial charge is 0.341 e. The van der Waals surface area contributed by atoms with Gasteiger partial charge in [-0.15, -0.1) is 0 Å². The first-order chi connectivity index (χ1) is 13.0. The zero-order valence-corrected chi connectivity index (χ0v) is 15.5. The molecule has 0 spiro atoms. The average molecular weight is 369 g/mol. The van der Waals surface area contributed by atoms with Gasteiger partial charge in [-0.1, -0.05) is 18.2 Å². The number of carbonyl (C=O) groups excluding carboxylic acids is 2. The van der Waals surface area contributed by atoms with Crippen LogP contribution in [0.2, 0.25) is 0 Å². The van der Waals surface area contributed by atoms with Crippen LogP contribution in [0.4, 0.5) is 4.39 Å². The molecule has 27 heavy (non-hydrogen) atoms. The fourth-order valence-corrected chi connectivity index (χ4v) is 3.45. The molecule has 1 aliphatic heterocycles. The van der Waals surface area contributed by atoms with Crippen molar-refractivity contribution in [1.82, 2.24) is 14.8 Å². The number of hydrogen-bond acceptors (Lipinski definition) is 3. The molecule has 6 heteroatoms. The summed E-state index contributed by atoms with van der Waals surface area (Å²) in [7, 11) is 0. The van der Waals surface area contributed by atoms with Crippen molar-refractivity contribution < 1.29 is 14.0 Å². The Morgan fingerprint density at radius 1 is 1.07 bits per heavy atom. The second kappa shape index (κ2) is 8.75. The Morgan fingerprint density at radius 3 is 2.44 bits per heavy atom. The fraction of sp³-hybridized carbons (Fsp3) is 0.381. The molecule has 1 fully saturated rings. The van der Waals surface area contributed by atoms with Crippen LogP contribution in [0.5, 0.6) is 0 Å². The van der Waals surface area contributed by atoms with E-state index in [0.29, 0.717) is 32.6 Å². The van der Waals surface area contributed by atoms with Crippen LogP contribution in [0.1, 0.15) is 18.2 Å². The number of carbonyl (C=O) groups is 2. The van der Waals surface area contributed by atoms with Crippen molar-refractivity contribution in [3.05, 3.63) is 65.7 Å². The van der Waals surface area contributed by atoms with E-state index in [-0.39, 0.29) is 30.0 Å². The summed E-state index contributed by atoms with van der Waals surface area (Å²) in [6, 6.07) is 11.8. The third kappa shape index (κ3) is 5.36. The molecular weight excluding hydrogens is 345 g/mol. The Morgan fingerprint density at radius 2 is 1.78 bits per heavy atom. The molecule has 2 aromatic rings. The molecular formula is C21H24FN3O2. The molecule has 1 saturated heterocycles. The normalized spacial score (nSPS) is 17.5. The van der Waals surface area contributed by atoms with E-state index in [2.05, 4.69) is 4.98 Å². The lowest BCUT2D eigenvalue weighted by Gasteiger charge is -2.24. The van der Waals surface area contributed by atoms with Gasteiger partial charge >= 0.3 is 0 Å². The van der Waals surface area contributed by atoms with Crippen LogP contribution in [0.25, 0.3) is 0 Å². The zero-order chi connectivity index (χ0) is 19.2. The molecule has 3 rings (SSSR count). The molecule has 1 aliphatic rings. The number of pyridine rings is 1. The van der Waals surface area contributed by atoms with Crippen LogP contribution in [0.3, 0.4) is 0 Å². The lowest BCUT2D eigenvalue weighted by molar-refractivity contribution is -0.132. The third-order valence-electron chi connectivity index (χ3n) is 4.89. The Balaban J connectivity index is 1.71. The standard InChI is InChI=1S/C21H24FN3O2/c1-16(26)24-10-11-25(21(27)13-17-5-7-19(22)8-6-17)15-18(14-24)12-20-4-2-3-9-23-20/h2-9,18H,10-15H2,1H3. The smallest absolute Gasteiger partial charge is 0.227 e. The van der Waals surface area contributed by atoms with Gasteiger partial charge in [0, 0.05) is 45.0 Å². The van der Waals surface area contributed by atoms with E-state index in [0.717, 1.165) is 11.3 Å². The van der Waals surface area contributed by atoms with Crippen LogP contribution in [0.15, 0.2) is 48.7 Å². The Kier molecular flexibility index (Phi) is 6.16. The molecule has 1 aromatic heterocycles. The van der Waals surface area contributed by atoms with Gasteiger partial charge in [0.25, 0.3) is 0 Å². The van der Waals surface area contributed by atoms with Gasteiger partial charge in [-0.25, -0.2) is 4.39 Å². The maximum Gasteiger partial charge on any atom is 0.227 e. The highest BCUT2D eigenvalue weighted by Gasteiger charge is 2.27. The van der Waals surface area contributed by atoms with E-state index in [9.17, 15) is 14.0 Å². The first-order valence-electron chi connectivity index (χ1n) is 9.19. The third-order valence-corrected chi connectivity index (χ3v) is 4.89. The summed E-state index contributed by atoms with van der Waals surface area (Å²) in [5.41, 5.74) is 1.74. The summed E-state index contributed by atoms with van der Waals surface area (Å²) in [4.78, 5) is 32.7. The van der Waals surface area contributed by atoms with E-state index >= 15 is 0 Å². The van der Waals surface area contributed by atoms with Crippen LogP contribution >= 0.6 is 0 Å². The van der Waals surface area contributed by atoms with Crippen molar-refractivity contribution in [3.63, 3.8) is 0 Å². The molecule has 0 N–H and O–H groups in total. The van der Waals surface area contributed by atoms with E-state index in [1.807, 2.05) is 23.1 Å². The van der Waals surface area contributed by atoms with Crippen molar-refractivity contribution in [3.8, 4) is 0 Å². The molecule has 0 radical (unpaired) electrons. The predicted octanol–water partition coefficient (Wildman–Crippen LogP) is 2.31. The van der Waals surface area contributed by atoms with Gasteiger partial charge in [0.2, 0.25) is 11.8 Å². The molecule has 0 saturated carbocycles. The number of benzene rings is 1. The highest BCUT2D eigenvalue weighted by atomic mass is 19.1. The Labute approximate surface area is 158 Å². The number of rotatable bonds is 4. The highest BCUT2D eigenvalue weighted by Crippen LogP contribution is 2.16. The Hall–Kier alpha value is -2.76. The Bertz CT molecular complexity index is 780. The molecule has 5 nitrogen and oxygen atoms in total. The molecule has 0 aliphatic carbocycles. The molecule has 1 unspecified atom stereocenters. The minimum absolute atomic E-state index is 0.00182. The predicted molar refractivity (Wildman–Crippen MR) is 100 cm³/mol. The lowest BCUT2D eigenvalue weighted by Crippen LogP contribution is -2.37. The number of amides is 2. The molecule has 0 bridgehead atoms. The summed E-state index contributed by atoms with van der Waals surface area (Å²) < 4.78 is 13.1. The van der Waals surface area contributed by atoms with Crippen LogP contribution < -0.4 is 0 Å². The second-order valence-corrected chi connectivity index (χ2v) is 7.00. The van der Waals surface area contributed by atoms with Crippen LogP contribution in [-0.2, 0) is 22.4 Å². The maximum atomic E-state index is 13.1. The van der Waals surface area contributed by atoms with Gasteiger partial charge in [0.05, 0.1) is 6.42 Å². The molecule has 2 amide bonds. The number of aromatic nitrogens is 1. The van der Waals surface area contributed by atoms with Crippen LogP contribution in [-0.4, -0.2) is 52.8 Å². The quantitative estimate of drug-likeness (QED) is 0.831. The number of hydrogen-bond donors (Lipinski definition) is 0. The lowest BCUT2D eigenvalue weighted by atomic mass is 10.0. The van der Waals surface area contributed by atoms with Crippen LogP contribution in [0, 0.1) is 11.7 Å². The second-order valence-electron chi connectivity index (χ2n) is 7.00. The van der Waals surface area contributed by atoms with Gasteiger partial charge in [-0.05, 0) is 42.2 Å². The maximum absolute atomic E-state index is 13.1. The van der Waals surface area contributed by atoms with Crippen molar-refractivity contribution in [1.29, 1.82) is 0 Å². The topological polar surface area (TPSA) is 53.5 Å². The summed E-state index contributed by atoms with van der Waals surface area (Å²) in [5, 5.41) is 0. The van der Waals surface area contributed by atoms with E-state index < -0.39 is 0 Å². The van der Waals surface area contributed by atoms with Gasteiger partial charge in [-0.2, -0.15) is 0 Å². The van der Waals surface area contributed by atoms with Gasteiger partial charge in [0.1, 0.15) is 5.82 Å².